The van der Waals surface area contributed by atoms with Crippen LogP contribution in [0, 0.1) is 5.92 Å². The van der Waals surface area contributed by atoms with E-state index in [0.29, 0.717) is 37.3 Å². The molecule has 1 aliphatic carbocycles. The van der Waals surface area contributed by atoms with Crippen molar-refractivity contribution in [1.29, 1.82) is 0 Å². The maximum Gasteiger partial charge on any atom is 0.220 e. The van der Waals surface area contributed by atoms with Gasteiger partial charge in [-0.15, -0.1) is 0 Å². The van der Waals surface area contributed by atoms with E-state index in [1.54, 1.807) is 31.4 Å². The van der Waals surface area contributed by atoms with Crippen LogP contribution in [0.5, 0.6) is 5.75 Å². The van der Waals surface area contributed by atoms with Gasteiger partial charge in [0.15, 0.2) is 5.78 Å². The molecule has 22 heavy (non-hydrogen) atoms. The van der Waals surface area contributed by atoms with Gasteiger partial charge >= 0.3 is 0 Å². The summed E-state index contributed by atoms with van der Waals surface area (Å²) in [5.74, 6) is 1.32. The van der Waals surface area contributed by atoms with Gasteiger partial charge in [-0.05, 0) is 49.4 Å². The molecule has 0 heterocycles. The highest BCUT2D eigenvalue weighted by molar-refractivity contribution is 5.96. The van der Waals surface area contributed by atoms with Crippen LogP contribution in [-0.2, 0) is 4.79 Å². The number of carbonyl (C=O) groups excluding carboxylic acids is 2. The highest BCUT2D eigenvalue weighted by Gasteiger charge is 2.28. The van der Waals surface area contributed by atoms with Gasteiger partial charge < -0.3 is 15.8 Å². The molecule has 0 spiro atoms. The third kappa shape index (κ3) is 5.15. The lowest BCUT2D eigenvalue weighted by Crippen LogP contribution is -2.38. The van der Waals surface area contributed by atoms with Crippen LogP contribution in [0.25, 0.3) is 0 Å². The molecule has 0 aliphatic heterocycles. The minimum Gasteiger partial charge on any atom is -0.497 e. The fourth-order valence-corrected chi connectivity index (χ4v) is 2.34. The molecule has 0 bridgehead atoms. The van der Waals surface area contributed by atoms with Crippen LogP contribution in [0.4, 0.5) is 0 Å². The number of hydrogen-bond acceptors (Lipinski definition) is 4. The van der Waals surface area contributed by atoms with Crippen LogP contribution in [-0.4, -0.2) is 31.4 Å². The van der Waals surface area contributed by atoms with Crippen LogP contribution >= 0.6 is 0 Å². The topological polar surface area (TPSA) is 81.4 Å². The third-order valence-corrected chi connectivity index (χ3v) is 3.98. The molecule has 1 aliphatic rings. The average molecular weight is 304 g/mol. The Kier molecular flexibility index (Phi) is 5.95. The molecule has 1 saturated carbocycles. The molecule has 5 nitrogen and oxygen atoms in total. The second-order valence-electron chi connectivity index (χ2n) is 5.81. The summed E-state index contributed by atoms with van der Waals surface area (Å²) in [5.41, 5.74) is 6.57. The zero-order valence-corrected chi connectivity index (χ0v) is 13.0. The number of benzene rings is 1. The summed E-state index contributed by atoms with van der Waals surface area (Å²) in [6.45, 7) is 0.538. The summed E-state index contributed by atoms with van der Waals surface area (Å²) in [4.78, 5) is 23.7. The fourth-order valence-electron chi connectivity index (χ4n) is 2.34. The average Bonchev–Trinajstić information content (AvgIpc) is 3.37. The lowest BCUT2D eigenvalue weighted by atomic mass is 10.1. The first-order valence-corrected chi connectivity index (χ1v) is 7.79. The molecule has 0 saturated heterocycles. The number of nitrogens with two attached hydrogens (primary N) is 1. The molecule has 2 rings (SSSR count). The van der Waals surface area contributed by atoms with Crippen LogP contribution < -0.4 is 15.8 Å². The van der Waals surface area contributed by atoms with E-state index in [2.05, 4.69) is 5.32 Å². The van der Waals surface area contributed by atoms with Crippen molar-refractivity contribution in [3.8, 4) is 5.75 Å². The first-order valence-electron chi connectivity index (χ1n) is 7.79. The zero-order chi connectivity index (χ0) is 15.9. The van der Waals surface area contributed by atoms with Crippen LogP contribution in [0.2, 0.25) is 0 Å². The number of ketones is 1. The van der Waals surface area contributed by atoms with Crippen molar-refractivity contribution >= 4 is 11.7 Å². The first kappa shape index (κ1) is 16.5. The minimum absolute atomic E-state index is 0.0290. The standard InChI is InChI=1S/C17H24N2O3/c1-22-14-9-7-13(8-10-14)16(20)3-2-4-17(21)19-11-15(18)12-5-6-12/h7-10,12,15H,2-6,11,18H2,1H3,(H,19,21). The van der Waals surface area contributed by atoms with Crippen molar-refractivity contribution in [3.63, 3.8) is 0 Å². The summed E-state index contributed by atoms with van der Waals surface area (Å²) in [7, 11) is 1.59. The van der Waals surface area contributed by atoms with Crippen LogP contribution in [0.3, 0.4) is 0 Å². The van der Waals surface area contributed by atoms with Gasteiger partial charge in [0.1, 0.15) is 5.75 Å². The van der Waals surface area contributed by atoms with Crippen molar-refractivity contribution < 1.29 is 14.3 Å². The summed E-state index contributed by atoms with van der Waals surface area (Å²) in [5, 5.41) is 2.84. The molecule has 0 aromatic heterocycles. The molecule has 120 valence electrons. The van der Waals surface area contributed by atoms with Gasteiger partial charge in [-0.2, -0.15) is 0 Å². The Morgan fingerprint density at radius 1 is 1.27 bits per heavy atom. The number of nitrogens with one attached hydrogen (secondary N) is 1. The fraction of sp³-hybridized carbons (Fsp3) is 0.529. The van der Waals surface area contributed by atoms with Gasteiger partial charge in [0.25, 0.3) is 0 Å². The zero-order valence-electron chi connectivity index (χ0n) is 13.0. The number of amides is 1. The monoisotopic (exact) mass is 304 g/mol. The van der Waals surface area contributed by atoms with E-state index in [9.17, 15) is 9.59 Å². The van der Waals surface area contributed by atoms with Gasteiger partial charge in [-0.3, -0.25) is 9.59 Å². The maximum atomic E-state index is 12.0. The molecule has 0 radical (unpaired) electrons. The quantitative estimate of drug-likeness (QED) is 0.683. The predicted molar refractivity (Wildman–Crippen MR) is 84.9 cm³/mol. The summed E-state index contributed by atoms with van der Waals surface area (Å²) >= 11 is 0. The number of ether oxygens (including phenoxy) is 1. The van der Waals surface area contributed by atoms with Crippen molar-refractivity contribution in [2.75, 3.05) is 13.7 Å². The molecular weight excluding hydrogens is 280 g/mol. The molecule has 1 aromatic rings. The Morgan fingerprint density at radius 3 is 2.55 bits per heavy atom. The van der Waals surface area contributed by atoms with Gasteiger partial charge in [-0.1, -0.05) is 0 Å². The Morgan fingerprint density at radius 2 is 1.95 bits per heavy atom. The first-order chi connectivity index (χ1) is 10.6. The molecule has 1 fully saturated rings. The number of methoxy groups -OCH3 is 1. The minimum atomic E-state index is -0.0290. The van der Waals surface area contributed by atoms with E-state index in [1.165, 1.54) is 12.8 Å². The Balaban J connectivity index is 1.64. The van der Waals surface area contributed by atoms with E-state index < -0.39 is 0 Å². The van der Waals surface area contributed by atoms with Gasteiger partial charge in [-0.25, -0.2) is 0 Å². The second-order valence-corrected chi connectivity index (χ2v) is 5.81. The highest BCUT2D eigenvalue weighted by Crippen LogP contribution is 2.31. The Hall–Kier alpha value is -1.88. The number of Topliss-reactive ketones (excluding diaryl/α,β-unsaturated/α-hetero) is 1. The molecule has 1 aromatic carbocycles. The number of hydrogen-bond donors (Lipinski definition) is 2. The van der Waals surface area contributed by atoms with Crippen molar-refractivity contribution in [3.05, 3.63) is 29.8 Å². The lowest BCUT2D eigenvalue weighted by Gasteiger charge is -2.11. The smallest absolute Gasteiger partial charge is 0.220 e. The van der Waals surface area contributed by atoms with Crippen LogP contribution in [0.15, 0.2) is 24.3 Å². The van der Waals surface area contributed by atoms with E-state index in [1.807, 2.05) is 0 Å². The molecule has 5 heteroatoms. The predicted octanol–water partition coefficient (Wildman–Crippen LogP) is 1.90. The molecule has 1 unspecified atom stereocenters. The molecule has 3 N–H and O–H groups in total. The number of carbonyl (C=O) groups is 2. The second kappa shape index (κ2) is 7.94. The van der Waals surface area contributed by atoms with E-state index >= 15 is 0 Å². The Bertz CT molecular complexity index is 509. The van der Waals surface area contributed by atoms with Gasteiger partial charge in [0.05, 0.1) is 7.11 Å². The molecule has 1 atom stereocenters. The highest BCUT2D eigenvalue weighted by atomic mass is 16.5. The Labute approximate surface area is 131 Å². The lowest BCUT2D eigenvalue weighted by molar-refractivity contribution is -0.121. The van der Waals surface area contributed by atoms with Crippen molar-refractivity contribution in [2.24, 2.45) is 11.7 Å². The summed E-state index contributed by atoms with van der Waals surface area (Å²) in [6.07, 6.45) is 3.63. The molecular formula is C17H24N2O3. The van der Waals surface area contributed by atoms with E-state index in [-0.39, 0.29) is 17.7 Å². The van der Waals surface area contributed by atoms with E-state index in [0.717, 1.165) is 5.75 Å². The summed E-state index contributed by atoms with van der Waals surface area (Å²) < 4.78 is 5.05. The third-order valence-electron chi connectivity index (χ3n) is 3.98. The van der Waals surface area contributed by atoms with E-state index in [4.69, 9.17) is 10.5 Å². The maximum absolute atomic E-state index is 12.0. The van der Waals surface area contributed by atoms with Crippen LogP contribution in [0.1, 0.15) is 42.5 Å². The van der Waals surface area contributed by atoms with Crippen molar-refractivity contribution in [1.82, 2.24) is 5.32 Å². The van der Waals surface area contributed by atoms with Gasteiger partial charge in [0.2, 0.25) is 5.91 Å². The largest absolute Gasteiger partial charge is 0.497 e. The normalized spacial score (nSPS) is 15.2. The summed E-state index contributed by atoms with van der Waals surface area (Å²) in [6, 6.07) is 7.09. The van der Waals surface area contributed by atoms with Gasteiger partial charge in [0, 0.05) is 31.0 Å². The van der Waals surface area contributed by atoms with Crippen molar-refractivity contribution in [2.45, 2.75) is 38.1 Å². The SMILES string of the molecule is COc1ccc(C(=O)CCCC(=O)NCC(N)C2CC2)cc1. The number of rotatable bonds is 9. The molecule has 1 amide bonds.